The summed E-state index contributed by atoms with van der Waals surface area (Å²) < 4.78 is 5.45. The van der Waals surface area contributed by atoms with Crippen LogP contribution in [0.2, 0.25) is 0 Å². The average Bonchev–Trinajstić information content (AvgIpc) is 3.26. The van der Waals surface area contributed by atoms with E-state index in [1.54, 1.807) is 0 Å². The van der Waals surface area contributed by atoms with Crippen molar-refractivity contribution in [2.24, 2.45) is 0 Å². The molecule has 6 nitrogen and oxygen atoms in total. The Labute approximate surface area is 380 Å². The first-order chi connectivity index (χ1) is 30.0. The molecule has 2 unspecified atom stereocenters. The fourth-order valence-corrected chi connectivity index (χ4v) is 8.28. The number of nitrogens with one attached hydrogen (secondary N) is 1. The van der Waals surface area contributed by atoms with Crippen LogP contribution in [0.1, 0.15) is 290 Å². The highest BCUT2D eigenvalue weighted by Gasteiger charge is 2.20. The lowest BCUT2D eigenvalue weighted by atomic mass is 10.0. The highest BCUT2D eigenvalue weighted by molar-refractivity contribution is 5.76. The SMILES string of the molecule is CCCCCC/C=C\CCCCCCCC(=O)OCCCCCCCC/C=C\CCCCCCCCCC(=O)NC(CO)C(O)CCCCCCCCCCCCCCCC. The highest BCUT2D eigenvalue weighted by Crippen LogP contribution is 2.16. The molecule has 0 aromatic heterocycles. The van der Waals surface area contributed by atoms with E-state index in [9.17, 15) is 19.8 Å². The van der Waals surface area contributed by atoms with Gasteiger partial charge in [-0.3, -0.25) is 9.59 Å². The van der Waals surface area contributed by atoms with Gasteiger partial charge in [0.15, 0.2) is 0 Å². The first kappa shape index (κ1) is 59.3. The Morgan fingerprint density at radius 1 is 0.443 bits per heavy atom. The molecule has 0 saturated carbocycles. The maximum atomic E-state index is 12.4. The molecule has 0 spiro atoms. The van der Waals surface area contributed by atoms with E-state index in [0.717, 1.165) is 57.8 Å². The van der Waals surface area contributed by atoms with Crippen molar-refractivity contribution in [3.8, 4) is 0 Å². The number of hydrogen-bond acceptors (Lipinski definition) is 5. The average molecular weight is 860 g/mol. The van der Waals surface area contributed by atoms with Gasteiger partial charge in [-0.1, -0.05) is 224 Å². The Morgan fingerprint density at radius 3 is 1.18 bits per heavy atom. The third-order valence-corrected chi connectivity index (χ3v) is 12.5. The number of amides is 1. The van der Waals surface area contributed by atoms with Crippen LogP contribution in [-0.2, 0) is 14.3 Å². The number of allylic oxidation sites excluding steroid dienone is 4. The molecular weight excluding hydrogens is 755 g/mol. The zero-order valence-corrected chi connectivity index (χ0v) is 40.9. The van der Waals surface area contributed by atoms with E-state index in [1.165, 1.54) is 199 Å². The van der Waals surface area contributed by atoms with Gasteiger partial charge in [-0.05, 0) is 77.0 Å². The number of unbranched alkanes of at least 4 members (excludes halogenated alkanes) is 35. The van der Waals surface area contributed by atoms with Crippen molar-refractivity contribution < 1.29 is 24.5 Å². The van der Waals surface area contributed by atoms with Gasteiger partial charge in [-0.15, -0.1) is 0 Å². The van der Waals surface area contributed by atoms with Crippen LogP contribution in [0.4, 0.5) is 0 Å². The Bertz CT molecular complexity index is 951. The third-order valence-electron chi connectivity index (χ3n) is 12.5. The van der Waals surface area contributed by atoms with Gasteiger partial charge in [0.05, 0.1) is 25.4 Å². The minimum atomic E-state index is -0.671. The molecule has 0 aliphatic heterocycles. The normalized spacial score (nSPS) is 12.8. The van der Waals surface area contributed by atoms with Gasteiger partial charge < -0.3 is 20.3 Å². The van der Waals surface area contributed by atoms with Crippen molar-refractivity contribution in [3.05, 3.63) is 24.3 Å². The fraction of sp³-hybridized carbons (Fsp3) is 0.891. The van der Waals surface area contributed by atoms with Crippen LogP contribution < -0.4 is 5.32 Å². The summed E-state index contributed by atoms with van der Waals surface area (Å²) in [6.07, 6.45) is 60.1. The molecule has 0 heterocycles. The zero-order valence-electron chi connectivity index (χ0n) is 40.9. The van der Waals surface area contributed by atoms with Crippen molar-refractivity contribution in [3.63, 3.8) is 0 Å². The van der Waals surface area contributed by atoms with Crippen molar-refractivity contribution in [2.75, 3.05) is 13.2 Å². The van der Waals surface area contributed by atoms with Gasteiger partial charge in [0.1, 0.15) is 0 Å². The number of aliphatic hydroxyl groups is 2. The van der Waals surface area contributed by atoms with Crippen LogP contribution in [-0.4, -0.2) is 47.4 Å². The molecule has 6 heteroatoms. The van der Waals surface area contributed by atoms with Gasteiger partial charge in [-0.25, -0.2) is 0 Å². The van der Waals surface area contributed by atoms with Gasteiger partial charge in [-0.2, -0.15) is 0 Å². The van der Waals surface area contributed by atoms with Gasteiger partial charge in [0.2, 0.25) is 5.91 Å². The summed E-state index contributed by atoms with van der Waals surface area (Å²) >= 11 is 0. The first-order valence-electron chi connectivity index (χ1n) is 27.1. The van der Waals surface area contributed by atoms with Gasteiger partial charge in [0.25, 0.3) is 0 Å². The first-order valence-corrected chi connectivity index (χ1v) is 27.1. The fourth-order valence-electron chi connectivity index (χ4n) is 8.28. The molecule has 0 saturated heterocycles. The molecule has 0 bridgehead atoms. The second-order valence-electron chi connectivity index (χ2n) is 18.6. The standard InChI is InChI=1S/C55H105NO5/c1-3-5-7-9-11-13-15-17-24-27-31-35-39-43-47-53(58)52(51-57)56-54(59)48-44-40-36-32-28-25-21-19-18-20-22-26-30-34-38-42-46-50-61-55(60)49-45-41-37-33-29-23-16-14-12-10-8-6-4-2/h14,16,18,20,52-53,57-58H,3-13,15,17,19,21-51H2,1-2H3,(H,56,59)/b16-14-,20-18-. The van der Waals surface area contributed by atoms with Gasteiger partial charge >= 0.3 is 5.97 Å². The number of aliphatic hydroxyl groups excluding tert-OH is 2. The molecule has 1 amide bonds. The summed E-state index contributed by atoms with van der Waals surface area (Å²) in [5.41, 5.74) is 0. The smallest absolute Gasteiger partial charge is 0.305 e. The summed E-state index contributed by atoms with van der Waals surface area (Å²) in [6.45, 7) is 4.91. The Kier molecular flexibility index (Phi) is 49.6. The molecule has 0 aliphatic carbocycles. The minimum absolute atomic E-state index is 0.0111. The number of esters is 1. The minimum Gasteiger partial charge on any atom is -0.466 e. The lowest BCUT2D eigenvalue weighted by molar-refractivity contribution is -0.143. The lowest BCUT2D eigenvalue weighted by Crippen LogP contribution is -2.45. The van der Waals surface area contributed by atoms with E-state index in [0.29, 0.717) is 25.9 Å². The lowest BCUT2D eigenvalue weighted by Gasteiger charge is -2.22. The quantitative estimate of drug-likeness (QED) is 0.0322. The molecule has 61 heavy (non-hydrogen) atoms. The predicted molar refractivity (Wildman–Crippen MR) is 264 cm³/mol. The summed E-state index contributed by atoms with van der Waals surface area (Å²) in [5, 5.41) is 23.2. The molecule has 3 N–H and O–H groups in total. The second-order valence-corrected chi connectivity index (χ2v) is 18.6. The zero-order chi connectivity index (χ0) is 44.4. The number of carbonyl (C=O) groups is 2. The van der Waals surface area contributed by atoms with Crippen LogP contribution in [0.25, 0.3) is 0 Å². The van der Waals surface area contributed by atoms with Crippen molar-refractivity contribution in [2.45, 2.75) is 302 Å². The van der Waals surface area contributed by atoms with Crippen LogP contribution in [0.3, 0.4) is 0 Å². The molecule has 2 atom stereocenters. The molecular formula is C55H105NO5. The van der Waals surface area contributed by atoms with E-state index < -0.39 is 12.1 Å². The molecule has 0 fully saturated rings. The summed E-state index contributed by atoms with van der Waals surface area (Å²) in [6, 6.07) is -0.550. The monoisotopic (exact) mass is 860 g/mol. The number of carbonyl (C=O) groups excluding carboxylic acids is 2. The Balaban J connectivity index is 3.46. The van der Waals surface area contributed by atoms with Crippen LogP contribution >= 0.6 is 0 Å². The summed E-state index contributed by atoms with van der Waals surface area (Å²) in [7, 11) is 0. The van der Waals surface area contributed by atoms with Crippen LogP contribution in [0, 0.1) is 0 Å². The number of rotatable bonds is 50. The maximum Gasteiger partial charge on any atom is 0.305 e. The molecule has 0 aromatic rings. The van der Waals surface area contributed by atoms with Crippen LogP contribution in [0.15, 0.2) is 24.3 Å². The van der Waals surface area contributed by atoms with E-state index in [2.05, 4.69) is 43.5 Å². The summed E-state index contributed by atoms with van der Waals surface area (Å²) in [4.78, 5) is 24.5. The van der Waals surface area contributed by atoms with Crippen molar-refractivity contribution in [1.29, 1.82) is 0 Å². The van der Waals surface area contributed by atoms with Gasteiger partial charge in [0, 0.05) is 12.8 Å². The topological polar surface area (TPSA) is 95.9 Å². The van der Waals surface area contributed by atoms with E-state index in [1.807, 2.05) is 0 Å². The number of ether oxygens (including phenoxy) is 1. The molecule has 0 aromatic carbocycles. The second kappa shape index (κ2) is 51.0. The predicted octanol–water partition coefficient (Wildman–Crippen LogP) is 16.3. The number of hydrogen-bond donors (Lipinski definition) is 3. The van der Waals surface area contributed by atoms with E-state index >= 15 is 0 Å². The van der Waals surface area contributed by atoms with E-state index in [4.69, 9.17) is 4.74 Å². The third kappa shape index (κ3) is 47.7. The highest BCUT2D eigenvalue weighted by atomic mass is 16.5. The van der Waals surface area contributed by atoms with Crippen LogP contribution in [0.5, 0.6) is 0 Å². The Morgan fingerprint density at radius 2 is 0.770 bits per heavy atom. The molecule has 0 aliphatic rings. The molecule has 0 rings (SSSR count). The molecule has 360 valence electrons. The largest absolute Gasteiger partial charge is 0.466 e. The maximum absolute atomic E-state index is 12.4. The van der Waals surface area contributed by atoms with Crippen molar-refractivity contribution in [1.82, 2.24) is 5.32 Å². The van der Waals surface area contributed by atoms with E-state index in [-0.39, 0.29) is 18.5 Å². The molecule has 0 radical (unpaired) electrons. The van der Waals surface area contributed by atoms with Crippen molar-refractivity contribution >= 4 is 11.9 Å². The Hall–Kier alpha value is -1.66. The summed E-state index contributed by atoms with van der Waals surface area (Å²) in [5.74, 6) is -0.0580.